The van der Waals surface area contributed by atoms with Crippen molar-refractivity contribution in [3.63, 3.8) is 0 Å². The van der Waals surface area contributed by atoms with Gasteiger partial charge in [-0.15, -0.1) is 0 Å². The Morgan fingerprint density at radius 2 is 1.83 bits per heavy atom. The van der Waals surface area contributed by atoms with Gasteiger partial charge in [0.1, 0.15) is 17.0 Å². The molecule has 0 saturated heterocycles. The third-order valence-electron chi connectivity index (χ3n) is 4.98. The maximum atomic E-state index is 13.8. The molecule has 0 saturated carbocycles. The van der Waals surface area contributed by atoms with Crippen LogP contribution in [0, 0.1) is 19.7 Å². The number of carbonyl (C=O) groups is 1. The van der Waals surface area contributed by atoms with Crippen molar-refractivity contribution in [1.29, 1.82) is 0 Å². The van der Waals surface area contributed by atoms with Crippen molar-refractivity contribution >= 4 is 22.6 Å². The highest BCUT2D eigenvalue weighted by Gasteiger charge is 2.17. The van der Waals surface area contributed by atoms with E-state index in [2.05, 4.69) is 10.3 Å². The lowest BCUT2D eigenvalue weighted by Crippen LogP contribution is -2.30. The fourth-order valence-corrected chi connectivity index (χ4v) is 3.26. The molecule has 150 valence electrons. The zero-order valence-corrected chi connectivity index (χ0v) is 16.6. The van der Waals surface area contributed by atoms with Crippen LogP contribution in [0.25, 0.3) is 11.0 Å². The van der Waals surface area contributed by atoms with Crippen LogP contribution in [0.15, 0.2) is 71.7 Å². The molecule has 0 fully saturated rings. The molecule has 1 N–H and O–H groups in total. The van der Waals surface area contributed by atoms with Gasteiger partial charge in [0.2, 0.25) is 0 Å². The van der Waals surface area contributed by atoms with Gasteiger partial charge in [-0.1, -0.05) is 35.9 Å². The number of rotatable bonds is 4. The van der Waals surface area contributed by atoms with Crippen molar-refractivity contribution in [2.75, 3.05) is 5.32 Å². The smallest absolute Gasteiger partial charge is 0.265 e. The normalized spacial score (nSPS) is 10.9. The first-order valence-corrected chi connectivity index (χ1v) is 9.54. The van der Waals surface area contributed by atoms with Crippen LogP contribution in [0.4, 0.5) is 10.1 Å². The molecule has 5 nitrogen and oxygen atoms in total. The molecule has 0 bridgehead atoms. The molecule has 1 amide bonds. The molecule has 0 atom stereocenters. The third-order valence-corrected chi connectivity index (χ3v) is 4.98. The summed E-state index contributed by atoms with van der Waals surface area (Å²) in [5, 5.41) is 3.29. The van der Waals surface area contributed by atoms with Crippen molar-refractivity contribution in [1.82, 2.24) is 9.55 Å². The number of benzene rings is 2. The summed E-state index contributed by atoms with van der Waals surface area (Å²) >= 11 is 0. The summed E-state index contributed by atoms with van der Waals surface area (Å²) in [5.74, 6) is -1.01. The van der Waals surface area contributed by atoms with Gasteiger partial charge in [0.25, 0.3) is 11.5 Å². The van der Waals surface area contributed by atoms with E-state index in [0.29, 0.717) is 22.3 Å². The summed E-state index contributed by atoms with van der Waals surface area (Å²) in [7, 11) is 0. The molecule has 2 aromatic heterocycles. The van der Waals surface area contributed by atoms with E-state index < -0.39 is 17.3 Å². The summed E-state index contributed by atoms with van der Waals surface area (Å²) < 4.78 is 15.3. The summed E-state index contributed by atoms with van der Waals surface area (Å²) in [6.45, 7) is 3.92. The first-order chi connectivity index (χ1) is 14.4. The minimum Gasteiger partial charge on any atom is -0.322 e. The van der Waals surface area contributed by atoms with Gasteiger partial charge in [-0.3, -0.25) is 14.2 Å². The van der Waals surface area contributed by atoms with Gasteiger partial charge in [-0.25, -0.2) is 9.37 Å². The maximum Gasteiger partial charge on any atom is 0.265 e. The second kappa shape index (κ2) is 7.91. The molecular weight excluding hydrogens is 381 g/mol. The zero-order chi connectivity index (χ0) is 21.3. The minimum absolute atomic E-state index is 0.0244. The number of aromatic nitrogens is 2. The van der Waals surface area contributed by atoms with Crippen LogP contribution in [0.1, 0.15) is 27.0 Å². The Kier molecular flexibility index (Phi) is 5.14. The number of nitrogens with one attached hydrogen (secondary N) is 1. The third kappa shape index (κ3) is 3.85. The summed E-state index contributed by atoms with van der Waals surface area (Å²) in [6, 6.07) is 17.3. The monoisotopic (exact) mass is 401 g/mol. The van der Waals surface area contributed by atoms with Gasteiger partial charge in [0, 0.05) is 17.3 Å². The highest BCUT2D eigenvalue weighted by molar-refractivity contribution is 6.05. The quantitative estimate of drug-likeness (QED) is 0.549. The number of amides is 1. The van der Waals surface area contributed by atoms with Gasteiger partial charge in [0.05, 0.1) is 6.54 Å². The Labute approximate surface area is 172 Å². The maximum absolute atomic E-state index is 13.8. The molecule has 0 spiro atoms. The Morgan fingerprint density at radius 1 is 1.07 bits per heavy atom. The molecule has 0 aliphatic carbocycles. The fraction of sp³-hybridized carbons (Fsp3) is 0.125. The molecule has 0 unspecified atom stereocenters. The van der Waals surface area contributed by atoms with E-state index in [1.165, 1.54) is 16.7 Å². The van der Waals surface area contributed by atoms with Gasteiger partial charge in [0.15, 0.2) is 0 Å². The largest absolute Gasteiger partial charge is 0.322 e. The summed E-state index contributed by atoms with van der Waals surface area (Å²) in [6.07, 6.45) is 1.61. The van der Waals surface area contributed by atoms with E-state index in [0.717, 1.165) is 11.1 Å². The van der Waals surface area contributed by atoms with Crippen LogP contribution >= 0.6 is 0 Å². The standard InChI is InChI=1S/C24H20FN3O2/c1-15-5-8-17(9-6-15)14-28-22-18(4-3-11-26-22)12-20(24(28)30)23(29)27-19-10-7-16(2)21(25)13-19/h3-13H,14H2,1-2H3,(H,27,29). The molecule has 0 aliphatic rings. The number of fused-ring (bicyclic) bond motifs is 1. The average molecular weight is 401 g/mol. The molecule has 6 heteroatoms. The Hall–Kier alpha value is -3.80. The Morgan fingerprint density at radius 3 is 2.57 bits per heavy atom. The molecule has 0 radical (unpaired) electrons. The van der Waals surface area contributed by atoms with E-state index in [1.807, 2.05) is 31.2 Å². The highest BCUT2D eigenvalue weighted by atomic mass is 19.1. The van der Waals surface area contributed by atoms with E-state index in [9.17, 15) is 14.0 Å². The predicted octanol–water partition coefficient (Wildman–Crippen LogP) is 4.45. The zero-order valence-electron chi connectivity index (χ0n) is 16.6. The topological polar surface area (TPSA) is 64.0 Å². The lowest BCUT2D eigenvalue weighted by molar-refractivity contribution is 0.102. The van der Waals surface area contributed by atoms with Crippen molar-refractivity contribution in [2.24, 2.45) is 0 Å². The molecule has 2 heterocycles. The second-order valence-corrected chi connectivity index (χ2v) is 7.27. The highest BCUT2D eigenvalue weighted by Crippen LogP contribution is 2.17. The summed E-state index contributed by atoms with van der Waals surface area (Å²) in [4.78, 5) is 30.4. The van der Waals surface area contributed by atoms with Crippen LogP contribution in [0.3, 0.4) is 0 Å². The lowest BCUT2D eigenvalue weighted by Gasteiger charge is -2.13. The van der Waals surface area contributed by atoms with Crippen LogP contribution in [-0.2, 0) is 6.54 Å². The van der Waals surface area contributed by atoms with Crippen molar-refractivity contribution in [3.05, 3.63) is 105 Å². The van der Waals surface area contributed by atoms with Gasteiger partial charge in [-0.2, -0.15) is 0 Å². The first kappa shape index (κ1) is 19.5. The number of hydrogen-bond donors (Lipinski definition) is 1. The van der Waals surface area contributed by atoms with E-state index in [-0.39, 0.29) is 12.1 Å². The molecule has 0 aliphatic heterocycles. The molecule has 2 aromatic carbocycles. The lowest BCUT2D eigenvalue weighted by atomic mass is 10.1. The van der Waals surface area contributed by atoms with E-state index >= 15 is 0 Å². The molecule has 4 aromatic rings. The van der Waals surface area contributed by atoms with Crippen LogP contribution in [0.5, 0.6) is 0 Å². The van der Waals surface area contributed by atoms with Crippen LogP contribution in [0.2, 0.25) is 0 Å². The van der Waals surface area contributed by atoms with Crippen LogP contribution < -0.4 is 10.9 Å². The van der Waals surface area contributed by atoms with Crippen molar-refractivity contribution < 1.29 is 9.18 Å². The molecular formula is C24H20FN3O2. The number of nitrogens with zero attached hydrogens (tertiary/aromatic N) is 2. The average Bonchev–Trinajstić information content (AvgIpc) is 2.74. The number of aryl methyl sites for hydroxylation is 2. The number of pyridine rings is 2. The number of halogens is 1. The second-order valence-electron chi connectivity index (χ2n) is 7.27. The van der Waals surface area contributed by atoms with Crippen LogP contribution in [-0.4, -0.2) is 15.5 Å². The fourth-order valence-electron chi connectivity index (χ4n) is 3.26. The summed E-state index contributed by atoms with van der Waals surface area (Å²) in [5.41, 5.74) is 2.83. The number of hydrogen-bond acceptors (Lipinski definition) is 3. The number of anilines is 1. The van der Waals surface area contributed by atoms with Gasteiger partial charge < -0.3 is 5.32 Å². The predicted molar refractivity (Wildman–Crippen MR) is 115 cm³/mol. The van der Waals surface area contributed by atoms with Crippen molar-refractivity contribution in [2.45, 2.75) is 20.4 Å². The van der Waals surface area contributed by atoms with Gasteiger partial charge >= 0.3 is 0 Å². The Balaban J connectivity index is 1.77. The molecule has 30 heavy (non-hydrogen) atoms. The van der Waals surface area contributed by atoms with Gasteiger partial charge in [-0.05, 0) is 55.3 Å². The SMILES string of the molecule is Cc1ccc(Cn2c(=O)c(C(=O)Nc3ccc(C)c(F)c3)cc3cccnc32)cc1. The Bertz CT molecular complexity index is 1310. The number of carbonyl (C=O) groups excluding carboxylic acids is 1. The first-order valence-electron chi connectivity index (χ1n) is 9.54. The van der Waals surface area contributed by atoms with E-state index in [4.69, 9.17) is 0 Å². The van der Waals surface area contributed by atoms with E-state index in [1.54, 1.807) is 37.4 Å². The molecule has 4 rings (SSSR count). The van der Waals surface area contributed by atoms with Crippen molar-refractivity contribution in [3.8, 4) is 0 Å². The minimum atomic E-state index is -0.591.